The first-order valence-electron chi connectivity index (χ1n) is 9.24. The number of hydrogen-bond donors (Lipinski definition) is 0. The van der Waals surface area contributed by atoms with Gasteiger partial charge in [0.25, 0.3) is 0 Å². The molecule has 0 N–H and O–H groups in total. The van der Waals surface area contributed by atoms with E-state index in [1.807, 2.05) is 11.3 Å². The summed E-state index contributed by atoms with van der Waals surface area (Å²) in [6, 6.07) is 9.06. The van der Waals surface area contributed by atoms with Gasteiger partial charge in [0.2, 0.25) is 0 Å². The second kappa shape index (κ2) is 6.41. The van der Waals surface area contributed by atoms with Crippen LogP contribution in [0, 0.1) is 5.92 Å². The van der Waals surface area contributed by atoms with Crippen LogP contribution in [-0.4, -0.2) is 22.6 Å². The van der Waals surface area contributed by atoms with Crippen LogP contribution in [0.5, 0.6) is 0 Å². The Morgan fingerprint density at radius 2 is 1.96 bits per heavy atom. The lowest BCUT2D eigenvalue weighted by Gasteiger charge is -2.31. The average molecular weight is 352 g/mol. The molecular formula is C21H25N3S. The molecule has 0 bridgehead atoms. The molecule has 2 aliphatic heterocycles. The molecule has 3 nitrogen and oxygen atoms in total. The molecule has 3 heterocycles. The second-order valence-electron chi connectivity index (χ2n) is 7.02. The van der Waals surface area contributed by atoms with E-state index in [0.717, 1.165) is 24.4 Å². The zero-order valence-electron chi connectivity index (χ0n) is 15.4. The van der Waals surface area contributed by atoms with E-state index in [1.54, 1.807) is 0 Å². The largest absolute Gasteiger partial charge is 0.261 e. The molecule has 2 aliphatic rings. The summed E-state index contributed by atoms with van der Waals surface area (Å²) in [7, 11) is 0. The highest BCUT2D eigenvalue weighted by Gasteiger charge is 2.40. The number of hydrogen-bond acceptors (Lipinski definition) is 4. The number of hydrazone groups is 1. The van der Waals surface area contributed by atoms with Crippen LogP contribution in [0.4, 0.5) is 0 Å². The Kier molecular flexibility index (Phi) is 4.24. The summed E-state index contributed by atoms with van der Waals surface area (Å²) in [4.78, 5) is 5.06. The fourth-order valence-corrected chi connectivity index (χ4v) is 5.10. The maximum absolute atomic E-state index is 5.06. The monoisotopic (exact) mass is 351 g/mol. The van der Waals surface area contributed by atoms with Gasteiger partial charge in [-0.3, -0.25) is 4.99 Å². The SMILES string of the molecule is CCC(CC)C1=CC(C)=NN2C1=NC(C)C2c1csc2ccccc12. The molecule has 130 valence electrons. The lowest BCUT2D eigenvalue weighted by molar-refractivity contribution is 0.330. The molecule has 0 fully saturated rings. The van der Waals surface area contributed by atoms with Crippen molar-refractivity contribution in [2.24, 2.45) is 16.0 Å². The summed E-state index contributed by atoms with van der Waals surface area (Å²) in [6.07, 6.45) is 4.53. The van der Waals surface area contributed by atoms with Gasteiger partial charge in [-0.25, -0.2) is 5.01 Å². The number of nitrogens with zero attached hydrogens (tertiary/aromatic N) is 3. The molecule has 0 saturated carbocycles. The maximum Gasteiger partial charge on any atom is 0.148 e. The summed E-state index contributed by atoms with van der Waals surface area (Å²) in [6.45, 7) is 8.86. The number of amidine groups is 1. The minimum absolute atomic E-state index is 0.194. The van der Waals surface area contributed by atoms with E-state index >= 15 is 0 Å². The van der Waals surface area contributed by atoms with Crippen molar-refractivity contribution in [3.8, 4) is 0 Å². The standard InChI is InChI=1S/C21H25N3S/c1-5-15(6-2)17-11-13(3)23-24-20(14(4)22-21(17)24)18-12-25-19-10-8-7-9-16(18)19/h7-12,14-15,20H,5-6H2,1-4H3. The van der Waals surface area contributed by atoms with Crippen molar-refractivity contribution in [1.29, 1.82) is 0 Å². The average Bonchev–Trinajstić information content (AvgIpc) is 3.16. The molecule has 25 heavy (non-hydrogen) atoms. The minimum Gasteiger partial charge on any atom is -0.261 e. The molecule has 4 heteroatoms. The molecule has 0 saturated heterocycles. The summed E-state index contributed by atoms with van der Waals surface area (Å²) in [5.74, 6) is 1.64. The highest BCUT2D eigenvalue weighted by molar-refractivity contribution is 7.17. The second-order valence-corrected chi connectivity index (χ2v) is 7.94. The molecule has 4 rings (SSSR count). The molecule has 1 aromatic carbocycles. The molecule has 0 spiro atoms. The summed E-state index contributed by atoms with van der Waals surface area (Å²) in [5, 5.41) is 10.7. The van der Waals surface area contributed by atoms with E-state index in [4.69, 9.17) is 10.1 Å². The Bertz CT molecular complexity index is 885. The zero-order chi connectivity index (χ0) is 17.6. The number of rotatable bonds is 4. The van der Waals surface area contributed by atoms with Gasteiger partial charge in [-0.2, -0.15) is 5.10 Å². The molecule has 2 aromatic rings. The van der Waals surface area contributed by atoms with Gasteiger partial charge < -0.3 is 0 Å². The molecule has 2 unspecified atom stereocenters. The van der Waals surface area contributed by atoms with Crippen LogP contribution in [0.1, 0.15) is 52.1 Å². The van der Waals surface area contributed by atoms with E-state index in [9.17, 15) is 0 Å². The third-order valence-corrected chi connectivity index (χ3v) is 6.39. The number of fused-ring (bicyclic) bond motifs is 2. The van der Waals surface area contributed by atoms with Crippen LogP contribution < -0.4 is 0 Å². The number of thiophene rings is 1. The van der Waals surface area contributed by atoms with Crippen molar-refractivity contribution in [1.82, 2.24) is 5.01 Å². The van der Waals surface area contributed by atoms with Crippen LogP contribution in [0.25, 0.3) is 10.1 Å². The summed E-state index contributed by atoms with van der Waals surface area (Å²) in [5.41, 5.74) is 3.81. The molecule has 0 radical (unpaired) electrons. The predicted molar refractivity (Wildman–Crippen MR) is 109 cm³/mol. The van der Waals surface area contributed by atoms with Gasteiger partial charge in [-0.15, -0.1) is 11.3 Å². The van der Waals surface area contributed by atoms with Crippen LogP contribution >= 0.6 is 11.3 Å². The Morgan fingerprint density at radius 3 is 2.72 bits per heavy atom. The van der Waals surface area contributed by atoms with Crippen molar-refractivity contribution < 1.29 is 0 Å². The first kappa shape index (κ1) is 16.5. The van der Waals surface area contributed by atoms with Gasteiger partial charge in [0, 0.05) is 10.3 Å². The molecule has 0 aliphatic carbocycles. The molecule has 2 atom stereocenters. The van der Waals surface area contributed by atoms with Crippen molar-refractivity contribution in [2.45, 2.75) is 52.6 Å². The molecule has 1 aromatic heterocycles. The lowest BCUT2D eigenvalue weighted by Crippen LogP contribution is -2.34. The number of allylic oxidation sites excluding steroid dienone is 1. The van der Waals surface area contributed by atoms with Crippen molar-refractivity contribution in [2.75, 3.05) is 0 Å². The first-order valence-corrected chi connectivity index (χ1v) is 10.1. The lowest BCUT2D eigenvalue weighted by atomic mass is 9.90. The smallest absolute Gasteiger partial charge is 0.148 e. The third-order valence-electron chi connectivity index (χ3n) is 5.41. The van der Waals surface area contributed by atoms with Crippen LogP contribution in [-0.2, 0) is 0 Å². The Hall–Kier alpha value is -1.94. The van der Waals surface area contributed by atoms with Gasteiger partial charge in [0.1, 0.15) is 11.9 Å². The predicted octanol–water partition coefficient (Wildman–Crippen LogP) is 5.80. The van der Waals surface area contributed by atoms with Gasteiger partial charge in [0.05, 0.1) is 11.8 Å². The van der Waals surface area contributed by atoms with E-state index in [-0.39, 0.29) is 12.1 Å². The first-order chi connectivity index (χ1) is 12.1. The van der Waals surface area contributed by atoms with Gasteiger partial charge in [-0.05, 0) is 61.1 Å². The van der Waals surface area contributed by atoms with Crippen LogP contribution in [0.2, 0.25) is 0 Å². The Morgan fingerprint density at radius 1 is 1.20 bits per heavy atom. The Labute approximate surface area is 153 Å². The molecule has 0 amide bonds. The molecular weight excluding hydrogens is 326 g/mol. The van der Waals surface area contributed by atoms with Crippen molar-refractivity contribution >= 4 is 33.0 Å². The van der Waals surface area contributed by atoms with Crippen LogP contribution in [0.15, 0.2) is 51.4 Å². The third kappa shape index (κ3) is 2.63. The van der Waals surface area contributed by atoms with E-state index in [2.05, 4.69) is 68.4 Å². The van der Waals surface area contributed by atoms with E-state index in [1.165, 1.54) is 21.2 Å². The summed E-state index contributed by atoms with van der Waals surface area (Å²) < 4.78 is 1.34. The highest BCUT2D eigenvalue weighted by Crippen LogP contribution is 2.42. The number of aliphatic imine (C=N–C) groups is 1. The zero-order valence-corrected chi connectivity index (χ0v) is 16.2. The number of benzene rings is 1. The van der Waals surface area contributed by atoms with Gasteiger partial charge in [-0.1, -0.05) is 32.0 Å². The van der Waals surface area contributed by atoms with Crippen molar-refractivity contribution in [3.63, 3.8) is 0 Å². The fourth-order valence-electron chi connectivity index (χ4n) is 4.11. The van der Waals surface area contributed by atoms with Gasteiger partial charge >= 0.3 is 0 Å². The van der Waals surface area contributed by atoms with E-state index in [0.29, 0.717) is 5.92 Å². The van der Waals surface area contributed by atoms with E-state index < -0.39 is 0 Å². The summed E-state index contributed by atoms with van der Waals surface area (Å²) >= 11 is 1.82. The fraction of sp³-hybridized carbons (Fsp3) is 0.429. The minimum atomic E-state index is 0.194. The quantitative estimate of drug-likeness (QED) is 0.684. The Balaban J connectivity index is 1.78. The van der Waals surface area contributed by atoms with Crippen LogP contribution in [0.3, 0.4) is 0 Å². The van der Waals surface area contributed by atoms with Crippen molar-refractivity contribution in [3.05, 3.63) is 46.9 Å². The highest BCUT2D eigenvalue weighted by atomic mass is 32.1. The maximum atomic E-state index is 5.06. The normalized spacial score (nSPS) is 22.9. The topological polar surface area (TPSA) is 28.0 Å². The van der Waals surface area contributed by atoms with Gasteiger partial charge in [0.15, 0.2) is 0 Å².